The Labute approximate surface area is 120 Å². The smallest absolute Gasteiger partial charge is 0.227 e. The lowest BCUT2D eigenvalue weighted by Crippen LogP contribution is -2.34. The molecule has 4 heteroatoms. The molecule has 1 aromatic rings. The van der Waals surface area contributed by atoms with Crippen molar-refractivity contribution in [2.75, 3.05) is 18.4 Å². The van der Waals surface area contributed by atoms with Gasteiger partial charge in [0.15, 0.2) is 0 Å². The largest absolute Gasteiger partial charge is 0.374 e. The van der Waals surface area contributed by atoms with Crippen molar-refractivity contribution in [2.24, 2.45) is 5.92 Å². The normalized spacial score (nSPS) is 16.4. The maximum Gasteiger partial charge on any atom is 0.227 e. The van der Waals surface area contributed by atoms with Gasteiger partial charge in [-0.25, -0.2) is 0 Å². The van der Waals surface area contributed by atoms with Crippen molar-refractivity contribution in [1.29, 1.82) is 0 Å². The van der Waals surface area contributed by atoms with Gasteiger partial charge in [-0.05, 0) is 57.5 Å². The van der Waals surface area contributed by atoms with Gasteiger partial charge in [-0.15, -0.1) is 0 Å². The third-order valence-corrected chi connectivity index (χ3v) is 3.51. The monoisotopic (exact) mass is 276 g/mol. The zero-order valence-corrected chi connectivity index (χ0v) is 12.3. The topological polar surface area (TPSA) is 50.4 Å². The number of amides is 1. The highest BCUT2D eigenvalue weighted by Crippen LogP contribution is 2.16. The first kappa shape index (κ1) is 15.0. The quantitative estimate of drug-likeness (QED) is 0.869. The first-order chi connectivity index (χ1) is 9.65. The molecule has 0 spiro atoms. The number of rotatable bonds is 5. The molecule has 20 heavy (non-hydrogen) atoms. The summed E-state index contributed by atoms with van der Waals surface area (Å²) in [6.07, 6.45) is 2.08. The van der Waals surface area contributed by atoms with E-state index >= 15 is 0 Å². The van der Waals surface area contributed by atoms with Gasteiger partial charge in [0, 0.05) is 11.6 Å². The summed E-state index contributed by atoms with van der Waals surface area (Å²) in [6.45, 7) is 6.52. The number of nitrogens with one attached hydrogen (secondary N) is 2. The van der Waals surface area contributed by atoms with Gasteiger partial charge in [0.1, 0.15) is 0 Å². The van der Waals surface area contributed by atoms with Gasteiger partial charge >= 0.3 is 0 Å². The molecule has 1 heterocycles. The number of hydrogen-bond donors (Lipinski definition) is 2. The lowest BCUT2D eigenvalue weighted by Gasteiger charge is -2.21. The van der Waals surface area contributed by atoms with Gasteiger partial charge in [0.25, 0.3) is 0 Å². The SMILES string of the molecule is CC(C)OCc1ccc(NC(=O)C2CCNCC2)cc1. The van der Waals surface area contributed by atoms with E-state index in [-0.39, 0.29) is 17.9 Å². The Morgan fingerprint density at radius 2 is 1.95 bits per heavy atom. The highest BCUT2D eigenvalue weighted by molar-refractivity contribution is 5.92. The summed E-state index contributed by atoms with van der Waals surface area (Å²) in [5.74, 6) is 0.276. The predicted octanol–water partition coefficient (Wildman–Crippen LogP) is 2.55. The lowest BCUT2D eigenvalue weighted by molar-refractivity contribution is -0.120. The number of carbonyl (C=O) groups excluding carboxylic acids is 1. The molecule has 1 aliphatic heterocycles. The van der Waals surface area contributed by atoms with E-state index in [0.29, 0.717) is 6.61 Å². The van der Waals surface area contributed by atoms with Gasteiger partial charge < -0.3 is 15.4 Å². The number of carbonyl (C=O) groups is 1. The molecule has 110 valence electrons. The fourth-order valence-corrected chi connectivity index (χ4v) is 2.28. The van der Waals surface area contributed by atoms with E-state index in [1.165, 1.54) is 0 Å². The van der Waals surface area contributed by atoms with Crippen molar-refractivity contribution in [3.8, 4) is 0 Å². The Balaban J connectivity index is 1.84. The molecule has 0 aromatic heterocycles. The summed E-state index contributed by atoms with van der Waals surface area (Å²) >= 11 is 0. The van der Waals surface area contributed by atoms with Gasteiger partial charge in [0.2, 0.25) is 5.91 Å². The summed E-state index contributed by atoms with van der Waals surface area (Å²) in [5, 5.41) is 6.27. The van der Waals surface area contributed by atoms with Crippen LogP contribution in [0.2, 0.25) is 0 Å². The van der Waals surface area contributed by atoms with Crippen LogP contribution in [0.3, 0.4) is 0 Å². The van der Waals surface area contributed by atoms with Crippen molar-refractivity contribution >= 4 is 11.6 Å². The number of piperidine rings is 1. The van der Waals surface area contributed by atoms with Gasteiger partial charge in [-0.3, -0.25) is 4.79 Å². The van der Waals surface area contributed by atoms with Crippen LogP contribution >= 0.6 is 0 Å². The minimum atomic E-state index is 0.137. The van der Waals surface area contributed by atoms with E-state index in [2.05, 4.69) is 10.6 Å². The Morgan fingerprint density at radius 3 is 2.55 bits per heavy atom. The minimum Gasteiger partial charge on any atom is -0.374 e. The van der Waals surface area contributed by atoms with Crippen molar-refractivity contribution in [1.82, 2.24) is 5.32 Å². The predicted molar refractivity (Wildman–Crippen MR) is 80.6 cm³/mol. The van der Waals surface area contributed by atoms with E-state index in [4.69, 9.17) is 4.74 Å². The van der Waals surface area contributed by atoms with Crippen molar-refractivity contribution in [3.63, 3.8) is 0 Å². The number of hydrogen-bond acceptors (Lipinski definition) is 3. The molecule has 0 unspecified atom stereocenters. The fourth-order valence-electron chi connectivity index (χ4n) is 2.28. The van der Waals surface area contributed by atoms with Gasteiger partial charge in [-0.1, -0.05) is 12.1 Å². The highest BCUT2D eigenvalue weighted by Gasteiger charge is 2.20. The average molecular weight is 276 g/mol. The minimum absolute atomic E-state index is 0.137. The van der Waals surface area contributed by atoms with Crippen LogP contribution in [0.4, 0.5) is 5.69 Å². The first-order valence-electron chi connectivity index (χ1n) is 7.37. The number of benzene rings is 1. The van der Waals surface area contributed by atoms with Crippen LogP contribution < -0.4 is 10.6 Å². The third kappa shape index (κ3) is 4.62. The summed E-state index contributed by atoms with van der Waals surface area (Å²) in [7, 11) is 0. The summed E-state index contributed by atoms with van der Waals surface area (Å²) < 4.78 is 5.55. The molecule has 2 rings (SSSR count). The lowest BCUT2D eigenvalue weighted by atomic mass is 9.97. The van der Waals surface area contributed by atoms with E-state index < -0.39 is 0 Å². The molecule has 1 saturated heterocycles. The zero-order chi connectivity index (χ0) is 14.4. The highest BCUT2D eigenvalue weighted by atomic mass is 16.5. The standard InChI is InChI=1S/C16H24N2O2/c1-12(2)20-11-13-3-5-15(6-4-13)18-16(19)14-7-9-17-10-8-14/h3-6,12,14,17H,7-11H2,1-2H3,(H,18,19). The van der Waals surface area contributed by atoms with E-state index in [9.17, 15) is 4.79 Å². The number of anilines is 1. The molecule has 0 bridgehead atoms. The molecule has 0 atom stereocenters. The molecule has 0 saturated carbocycles. The first-order valence-corrected chi connectivity index (χ1v) is 7.37. The maximum absolute atomic E-state index is 12.1. The van der Waals surface area contributed by atoms with Crippen LogP contribution in [0.15, 0.2) is 24.3 Å². The van der Waals surface area contributed by atoms with Gasteiger partial charge in [-0.2, -0.15) is 0 Å². The molecule has 2 N–H and O–H groups in total. The molecule has 0 aliphatic carbocycles. The second kappa shape index (κ2) is 7.41. The Bertz CT molecular complexity index is 423. The van der Waals surface area contributed by atoms with E-state index in [0.717, 1.165) is 37.2 Å². The second-order valence-corrected chi connectivity index (χ2v) is 5.57. The average Bonchev–Trinajstić information content (AvgIpc) is 2.47. The summed E-state index contributed by atoms with van der Waals surface area (Å²) in [6, 6.07) is 7.89. The van der Waals surface area contributed by atoms with Crippen LogP contribution in [0, 0.1) is 5.92 Å². The molecular formula is C16H24N2O2. The summed E-state index contributed by atoms with van der Waals surface area (Å²) in [4.78, 5) is 12.1. The Morgan fingerprint density at radius 1 is 1.30 bits per heavy atom. The maximum atomic E-state index is 12.1. The Hall–Kier alpha value is -1.39. The second-order valence-electron chi connectivity index (χ2n) is 5.57. The van der Waals surface area contributed by atoms with Crippen LogP contribution in [0.25, 0.3) is 0 Å². The van der Waals surface area contributed by atoms with Crippen molar-refractivity contribution in [2.45, 2.75) is 39.4 Å². The molecule has 0 radical (unpaired) electrons. The third-order valence-electron chi connectivity index (χ3n) is 3.51. The molecule has 1 amide bonds. The van der Waals surface area contributed by atoms with E-state index in [1.54, 1.807) is 0 Å². The fraction of sp³-hybridized carbons (Fsp3) is 0.562. The van der Waals surface area contributed by atoms with Crippen LogP contribution in [0.5, 0.6) is 0 Å². The van der Waals surface area contributed by atoms with Gasteiger partial charge in [0.05, 0.1) is 12.7 Å². The zero-order valence-electron chi connectivity index (χ0n) is 12.3. The molecule has 1 aromatic carbocycles. The van der Waals surface area contributed by atoms with Crippen molar-refractivity contribution in [3.05, 3.63) is 29.8 Å². The molecule has 4 nitrogen and oxygen atoms in total. The number of ether oxygens (including phenoxy) is 1. The van der Waals surface area contributed by atoms with Crippen LogP contribution in [-0.2, 0) is 16.1 Å². The molecule has 1 aliphatic rings. The summed E-state index contributed by atoms with van der Waals surface area (Å²) in [5.41, 5.74) is 1.99. The Kier molecular flexibility index (Phi) is 5.56. The molecular weight excluding hydrogens is 252 g/mol. The van der Waals surface area contributed by atoms with Crippen LogP contribution in [0.1, 0.15) is 32.3 Å². The molecule has 1 fully saturated rings. The van der Waals surface area contributed by atoms with Crippen LogP contribution in [-0.4, -0.2) is 25.1 Å². The van der Waals surface area contributed by atoms with E-state index in [1.807, 2.05) is 38.1 Å². The van der Waals surface area contributed by atoms with Crippen molar-refractivity contribution < 1.29 is 9.53 Å².